The number of anilines is 2. The minimum Gasteiger partial charge on any atom is -0.492 e. The lowest BCUT2D eigenvalue weighted by molar-refractivity contribution is 0.0696. The highest BCUT2D eigenvalue weighted by Crippen LogP contribution is 2.33. The molecule has 4 N–H and O–H groups in total. The molecule has 0 spiro atoms. The van der Waals surface area contributed by atoms with Gasteiger partial charge in [0.25, 0.3) is 0 Å². The Morgan fingerprint density at radius 3 is 2.81 bits per heavy atom. The Morgan fingerprint density at radius 2 is 2.12 bits per heavy atom. The molecule has 0 saturated carbocycles. The normalized spacial score (nSPS) is 16.9. The lowest BCUT2D eigenvalue weighted by Crippen LogP contribution is -2.40. The molecule has 8 nitrogen and oxygen atoms in total. The Hall–Kier alpha value is -3.16. The maximum atomic E-state index is 14.2. The summed E-state index contributed by atoms with van der Waals surface area (Å²) < 4.78 is 40.8. The van der Waals surface area contributed by atoms with Gasteiger partial charge in [-0.3, -0.25) is 0 Å². The number of nitriles is 1. The highest BCUT2D eigenvalue weighted by atomic mass is 32.2. The number of aromatic carboxylic acids is 1. The number of nitrogens with two attached hydrogens (primary N) is 1. The molecule has 2 atom stereocenters. The molecule has 0 aliphatic carbocycles. The molecular weight excluding hydrogens is 437 g/mol. The number of ether oxygens (including phenoxy) is 1. The van der Waals surface area contributed by atoms with E-state index in [1.165, 1.54) is 24.3 Å². The van der Waals surface area contributed by atoms with Gasteiger partial charge in [0.1, 0.15) is 22.5 Å². The molecule has 2 unspecified atom stereocenters. The summed E-state index contributed by atoms with van der Waals surface area (Å²) in [6.45, 7) is 0.990. The quantitative estimate of drug-likeness (QED) is 0.307. The standard InChI is InChI=1S/C22H24FN3O5S/c23-17-12-19(18(25)10-15(17)13-24)26-8-2-1-4-16(26)5-3-9-31-20-7-6-14(22(27)28)11-21(20)32(29)30/h6-7,10-12,16H,1-5,8-9,25H2,(H,27,28)(H,29,30). The maximum absolute atomic E-state index is 14.2. The number of nitrogens with zero attached hydrogens (tertiary/aromatic N) is 2. The van der Waals surface area contributed by atoms with Gasteiger partial charge in [-0.1, -0.05) is 0 Å². The van der Waals surface area contributed by atoms with Crippen LogP contribution in [0.5, 0.6) is 5.75 Å². The van der Waals surface area contributed by atoms with Crippen molar-refractivity contribution in [2.24, 2.45) is 0 Å². The number of piperidine rings is 1. The minimum absolute atomic E-state index is 0.0841. The van der Waals surface area contributed by atoms with Crippen LogP contribution in [0.15, 0.2) is 35.2 Å². The summed E-state index contributed by atoms with van der Waals surface area (Å²) in [6, 6.07) is 8.40. The highest BCUT2D eigenvalue weighted by molar-refractivity contribution is 7.79. The first kappa shape index (κ1) is 23.5. The molecular formula is C22H24FN3O5S. The van der Waals surface area contributed by atoms with Gasteiger partial charge in [0, 0.05) is 18.7 Å². The molecule has 3 rings (SSSR count). The van der Waals surface area contributed by atoms with Gasteiger partial charge in [-0.05, 0) is 56.4 Å². The number of halogens is 1. The number of carboxylic acids is 1. The molecule has 170 valence electrons. The van der Waals surface area contributed by atoms with Crippen LogP contribution in [0.25, 0.3) is 0 Å². The maximum Gasteiger partial charge on any atom is 0.335 e. The Morgan fingerprint density at radius 1 is 1.34 bits per heavy atom. The molecule has 32 heavy (non-hydrogen) atoms. The van der Waals surface area contributed by atoms with E-state index < -0.39 is 22.9 Å². The van der Waals surface area contributed by atoms with Gasteiger partial charge in [-0.2, -0.15) is 5.26 Å². The fourth-order valence-electron chi connectivity index (χ4n) is 3.93. The smallest absolute Gasteiger partial charge is 0.335 e. The number of hydrogen-bond donors (Lipinski definition) is 3. The monoisotopic (exact) mass is 461 g/mol. The van der Waals surface area contributed by atoms with Crippen LogP contribution in [0.3, 0.4) is 0 Å². The second kappa shape index (κ2) is 10.4. The van der Waals surface area contributed by atoms with Crippen LogP contribution >= 0.6 is 0 Å². The van der Waals surface area contributed by atoms with Crippen molar-refractivity contribution in [2.75, 3.05) is 23.8 Å². The largest absolute Gasteiger partial charge is 0.492 e. The van der Waals surface area contributed by atoms with Crippen molar-refractivity contribution in [3.8, 4) is 11.8 Å². The number of benzene rings is 2. The van der Waals surface area contributed by atoms with Crippen LogP contribution in [0.1, 0.15) is 48.0 Å². The number of nitrogen functional groups attached to an aromatic ring is 1. The van der Waals surface area contributed by atoms with E-state index in [0.29, 0.717) is 17.8 Å². The third kappa shape index (κ3) is 5.36. The van der Waals surface area contributed by atoms with E-state index in [1.54, 1.807) is 6.07 Å². The Kier molecular flexibility index (Phi) is 7.66. The molecule has 10 heteroatoms. The molecule has 1 saturated heterocycles. The summed E-state index contributed by atoms with van der Waals surface area (Å²) in [6.07, 6.45) is 4.24. The van der Waals surface area contributed by atoms with Gasteiger partial charge in [0.2, 0.25) is 0 Å². The predicted molar refractivity (Wildman–Crippen MR) is 118 cm³/mol. The van der Waals surface area contributed by atoms with Crippen molar-refractivity contribution in [3.05, 3.63) is 47.3 Å². The molecule has 1 aliphatic heterocycles. The zero-order chi connectivity index (χ0) is 23.3. The summed E-state index contributed by atoms with van der Waals surface area (Å²) in [4.78, 5) is 13.1. The van der Waals surface area contributed by atoms with E-state index in [2.05, 4.69) is 4.90 Å². The molecule has 1 fully saturated rings. The van der Waals surface area contributed by atoms with E-state index in [1.807, 2.05) is 0 Å². The van der Waals surface area contributed by atoms with Crippen molar-refractivity contribution >= 4 is 28.4 Å². The Balaban J connectivity index is 1.65. The van der Waals surface area contributed by atoms with Crippen LogP contribution in [0.4, 0.5) is 15.8 Å². The lowest BCUT2D eigenvalue weighted by Gasteiger charge is -2.38. The van der Waals surface area contributed by atoms with Gasteiger partial charge in [-0.15, -0.1) is 0 Å². The summed E-state index contributed by atoms with van der Waals surface area (Å²) in [7, 11) is 0. The van der Waals surface area contributed by atoms with Crippen molar-refractivity contribution in [1.29, 1.82) is 5.26 Å². The Labute approximate surface area is 187 Å². The molecule has 1 aliphatic rings. The van der Waals surface area contributed by atoms with Gasteiger partial charge in [0.05, 0.1) is 29.1 Å². The average molecular weight is 462 g/mol. The molecule has 2 aromatic carbocycles. The zero-order valence-corrected chi connectivity index (χ0v) is 18.1. The fraction of sp³-hybridized carbons (Fsp3) is 0.364. The molecule has 0 aromatic heterocycles. The molecule has 2 aromatic rings. The number of carboxylic acid groups (broad SMARTS) is 1. The number of carbonyl (C=O) groups is 1. The zero-order valence-electron chi connectivity index (χ0n) is 17.3. The first-order valence-corrected chi connectivity index (χ1v) is 11.3. The van der Waals surface area contributed by atoms with E-state index >= 15 is 0 Å². The molecule has 0 radical (unpaired) electrons. The second-order valence-electron chi connectivity index (χ2n) is 7.55. The SMILES string of the molecule is N#Cc1cc(N)c(N2CCCCC2CCCOc2ccc(C(=O)O)cc2S(=O)O)cc1F. The van der Waals surface area contributed by atoms with Crippen LogP contribution in [0, 0.1) is 17.1 Å². The number of hydrogen-bond acceptors (Lipinski definition) is 6. The van der Waals surface area contributed by atoms with Crippen molar-refractivity contribution < 1.29 is 27.8 Å². The van der Waals surface area contributed by atoms with Gasteiger partial charge < -0.3 is 25.0 Å². The van der Waals surface area contributed by atoms with Gasteiger partial charge in [-0.25, -0.2) is 13.4 Å². The van der Waals surface area contributed by atoms with E-state index in [4.69, 9.17) is 20.8 Å². The molecule has 0 bridgehead atoms. The van der Waals surface area contributed by atoms with Gasteiger partial charge in [0.15, 0.2) is 11.1 Å². The topological polar surface area (TPSA) is 137 Å². The first-order chi connectivity index (χ1) is 15.3. The summed E-state index contributed by atoms with van der Waals surface area (Å²) >= 11 is -2.38. The van der Waals surface area contributed by atoms with E-state index in [0.717, 1.165) is 38.3 Å². The average Bonchev–Trinajstić information content (AvgIpc) is 2.78. The molecule has 0 amide bonds. The highest BCUT2D eigenvalue weighted by Gasteiger charge is 2.25. The van der Waals surface area contributed by atoms with Crippen LogP contribution in [-0.4, -0.2) is 39.0 Å². The van der Waals surface area contributed by atoms with E-state index in [-0.39, 0.29) is 34.4 Å². The summed E-state index contributed by atoms with van der Waals surface area (Å²) in [5, 5.41) is 18.0. The third-order valence-corrected chi connectivity index (χ3v) is 6.19. The van der Waals surface area contributed by atoms with Gasteiger partial charge >= 0.3 is 5.97 Å². The summed E-state index contributed by atoms with van der Waals surface area (Å²) in [5.41, 5.74) is 6.85. The van der Waals surface area contributed by atoms with Crippen molar-refractivity contribution in [1.82, 2.24) is 0 Å². The number of rotatable bonds is 8. The fourth-order valence-corrected chi connectivity index (χ4v) is 4.46. The van der Waals surface area contributed by atoms with Crippen LogP contribution < -0.4 is 15.4 Å². The predicted octanol–water partition coefficient (Wildman–Crippen LogP) is 3.78. The lowest BCUT2D eigenvalue weighted by atomic mass is 9.96. The van der Waals surface area contributed by atoms with E-state index in [9.17, 15) is 17.9 Å². The van der Waals surface area contributed by atoms with Crippen molar-refractivity contribution in [2.45, 2.75) is 43.0 Å². The third-order valence-electron chi connectivity index (χ3n) is 5.49. The van der Waals surface area contributed by atoms with Crippen LogP contribution in [-0.2, 0) is 11.1 Å². The van der Waals surface area contributed by atoms with Crippen LogP contribution in [0.2, 0.25) is 0 Å². The Bertz CT molecular complexity index is 1070. The van der Waals surface area contributed by atoms with Crippen molar-refractivity contribution in [3.63, 3.8) is 0 Å². The molecule has 1 heterocycles. The second-order valence-corrected chi connectivity index (χ2v) is 8.49. The minimum atomic E-state index is -2.38. The summed E-state index contributed by atoms with van der Waals surface area (Å²) in [5.74, 6) is -1.63. The first-order valence-electron chi connectivity index (χ1n) is 10.2.